The minimum absolute atomic E-state index is 0.187. The van der Waals surface area contributed by atoms with Crippen molar-refractivity contribution < 1.29 is 14.7 Å². The average molecular weight is 214 g/mol. The Labute approximate surface area is 89.2 Å². The third-order valence-electron chi connectivity index (χ3n) is 2.57. The van der Waals surface area contributed by atoms with Crippen molar-refractivity contribution >= 4 is 11.9 Å². The van der Waals surface area contributed by atoms with Crippen LogP contribution in [-0.2, 0) is 9.59 Å². The molecule has 2 atom stereocenters. The van der Waals surface area contributed by atoms with Crippen LogP contribution in [0.2, 0.25) is 0 Å². The van der Waals surface area contributed by atoms with Crippen LogP contribution >= 0.6 is 0 Å². The van der Waals surface area contributed by atoms with E-state index in [4.69, 9.17) is 5.11 Å². The van der Waals surface area contributed by atoms with Crippen LogP contribution < -0.4 is 10.6 Å². The number of amides is 1. The van der Waals surface area contributed by atoms with E-state index in [1.165, 1.54) is 0 Å². The summed E-state index contributed by atoms with van der Waals surface area (Å²) in [6.45, 7) is 2.74. The van der Waals surface area contributed by atoms with E-state index in [1.54, 1.807) is 0 Å². The van der Waals surface area contributed by atoms with Gasteiger partial charge >= 0.3 is 5.97 Å². The van der Waals surface area contributed by atoms with Crippen molar-refractivity contribution in [1.82, 2.24) is 10.6 Å². The quantitative estimate of drug-likeness (QED) is 0.607. The normalized spacial score (nSPS) is 22.3. The van der Waals surface area contributed by atoms with Crippen LogP contribution in [-0.4, -0.2) is 35.6 Å². The number of aliphatic carboxylic acids is 1. The second-order valence-electron chi connectivity index (χ2n) is 3.84. The van der Waals surface area contributed by atoms with Crippen molar-refractivity contribution in [2.24, 2.45) is 0 Å². The molecule has 0 aromatic rings. The highest BCUT2D eigenvalue weighted by molar-refractivity contribution is 5.87. The Morgan fingerprint density at radius 3 is 2.80 bits per heavy atom. The van der Waals surface area contributed by atoms with Gasteiger partial charge in [-0.2, -0.15) is 0 Å². The minimum Gasteiger partial charge on any atom is -0.480 e. The van der Waals surface area contributed by atoms with E-state index in [0.717, 1.165) is 25.8 Å². The number of carbonyl (C=O) groups excluding carboxylic acids is 1. The predicted molar refractivity (Wildman–Crippen MR) is 55.5 cm³/mol. The third-order valence-corrected chi connectivity index (χ3v) is 2.57. The fourth-order valence-corrected chi connectivity index (χ4v) is 1.73. The lowest BCUT2D eigenvalue weighted by atomic mass is 10.1. The fraction of sp³-hybridized carbons (Fsp3) is 0.800. The van der Waals surface area contributed by atoms with Gasteiger partial charge in [0.1, 0.15) is 6.04 Å². The molecular formula is C10H18N2O3. The Kier molecular flexibility index (Phi) is 4.55. The second kappa shape index (κ2) is 5.70. The molecule has 0 saturated carbocycles. The van der Waals surface area contributed by atoms with Crippen LogP contribution in [0.15, 0.2) is 0 Å². The summed E-state index contributed by atoms with van der Waals surface area (Å²) in [5.41, 5.74) is 0. The smallest absolute Gasteiger partial charge is 0.326 e. The average Bonchev–Trinajstić information content (AvgIpc) is 2.69. The molecule has 5 heteroatoms. The molecule has 1 rings (SSSR count). The zero-order chi connectivity index (χ0) is 11.3. The first-order valence-electron chi connectivity index (χ1n) is 5.41. The van der Waals surface area contributed by atoms with E-state index >= 15 is 0 Å². The van der Waals surface area contributed by atoms with Crippen LogP contribution in [0.5, 0.6) is 0 Å². The first kappa shape index (κ1) is 12.0. The highest BCUT2D eigenvalue weighted by atomic mass is 16.4. The highest BCUT2D eigenvalue weighted by Crippen LogP contribution is 2.06. The first-order valence-corrected chi connectivity index (χ1v) is 5.41. The molecule has 1 amide bonds. The van der Waals surface area contributed by atoms with Gasteiger partial charge in [-0.15, -0.1) is 0 Å². The number of hydrogen-bond acceptors (Lipinski definition) is 3. The first-order chi connectivity index (χ1) is 7.15. The van der Waals surface area contributed by atoms with E-state index in [-0.39, 0.29) is 11.9 Å². The SMILES string of the molecule is CCC[C@H](NC(=O)[C@H]1CCCN1)C(=O)O. The zero-order valence-electron chi connectivity index (χ0n) is 8.95. The van der Waals surface area contributed by atoms with Gasteiger partial charge in [-0.3, -0.25) is 4.79 Å². The summed E-state index contributed by atoms with van der Waals surface area (Å²) in [5.74, 6) is -1.14. The van der Waals surface area contributed by atoms with Crippen LogP contribution in [0.4, 0.5) is 0 Å². The van der Waals surface area contributed by atoms with Gasteiger partial charge in [-0.25, -0.2) is 4.79 Å². The minimum atomic E-state index is -0.955. The van der Waals surface area contributed by atoms with Crippen LogP contribution in [0, 0.1) is 0 Å². The molecule has 3 N–H and O–H groups in total. The lowest BCUT2D eigenvalue weighted by Crippen LogP contribution is -2.48. The third kappa shape index (κ3) is 3.51. The van der Waals surface area contributed by atoms with E-state index in [9.17, 15) is 9.59 Å². The molecule has 1 saturated heterocycles. The monoisotopic (exact) mass is 214 g/mol. The Morgan fingerprint density at radius 1 is 1.60 bits per heavy atom. The summed E-state index contributed by atoms with van der Waals surface area (Å²) in [7, 11) is 0. The van der Waals surface area contributed by atoms with Crippen LogP contribution in [0.1, 0.15) is 32.6 Å². The fourth-order valence-electron chi connectivity index (χ4n) is 1.73. The Balaban J connectivity index is 2.42. The van der Waals surface area contributed by atoms with E-state index in [1.807, 2.05) is 6.92 Å². The molecule has 0 bridgehead atoms. The second-order valence-corrected chi connectivity index (χ2v) is 3.84. The number of nitrogens with one attached hydrogen (secondary N) is 2. The highest BCUT2D eigenvalue weighted by Gasteiger charge is 2.26. The molecule has 5 nitrogen and oxygen atoms in total. The standard InChI is InChI=1S/C10H18N2O3/c1-2-4-8(10(14)15)12-9(13)7-5-3-6-11-7/h7-8,11H,2-6H2,1H3,(H,12,13)(H,14,15)/t7-,8+/m1/s1. The summed E-state index contributed by atoms with van der Waals surface area (Å²) in [6.07, 6.45) is 3.00. The van der Waals surface area contributed by atoms with Gasteiger partial charge in [0, 0.05) is 0 Å². The number of carboxylic acid groups (broad SMARTS) is 1. The maximum atomic E-state index is 11.6. The maximum Gasteiger partial charge on any atom is 0.326 e. The number of rotatable bonds is 5. The van der Waals surface area contributed by atoms with Crippen molar-refractivity contribution in [2.75, 3.05) is 6.54 Å². The van der Waals surface area contributed by atoms with E-state index in [0.29, 0.717) is 6.42 Å². The molecule has 1 aliphatic heterocycles. The molecular weight excluding hydrogens is 196 g/mol. The molecule has 0 aliphatic carbocycles. The Bertz CT molecular complexity index is 237. The topological polar surface area (TPSA) is 78.4 Å². The Morgan fingerprint density at radius 2 is 2.33 bits per heavy atom. The van der Waals surface area contributed by atoms with Gasteiger partial charge in [-0.05, 0) is 25.8 Å². The zero-order valence-corrected chi connectivity index (χ0v) is 8.95. The van der Waals surface area contributed by atoms with Crippen molar-refractivity contribution in [1.29, 1.82) is 0 Å². The molecule has 0 radical (unpaired) electrons. The predicted octanol–water partition coefficient (Wildman–Crippen LogP) is 0.108. The maximum absolute atomic E-state index is 11.6. The lowest BCUT2D eigenvalue weighted by molar-refractivity contribution is -0.142. The van der Waals surface area contributed by atoms with Gasteiger partial charge in [0.2, 0.25) is 5.91 Å². The van der Waals surface area contributed by atoms with Gasteiger partial charge in [0.15, 0.2) is 0 Å². The molecule has 0 unspecified atom stereocenters. The molecule has 0 aromatic carbocycles. The molecule has 0 aromatic heterocycles. The molecule has 86 valence electrons. The molecule has 15 heavy (non-hydrogen) atoms. The van der Waals surface area contributed by atoms with Gasteiger partial charge in [0.25, 0.3) is 0 Å². The van der Waals surface area contributed by atoms with Gasteiger partial charge < -0.3 is 15.7 Å². The van der Waals surface area contributed by atoms with E-state index < -0.39 is 12.0 Å². The number of hydrogen-bond donors (Lipinski definition) is 3. The van der Waals surface area contributed by atoms with E-state index in [2.05, 4.69) is 10.6 Å². The largest absolute Gasteiger partial charge is 0.480 e. The molecule has 0 spiro atoms. The number of carbonyl (C=O) groups is 2. The van der Waals surface area contributed by atoms with Crippen LogP contribution in [0.25, 0.3) is 0 Å². The van der Waals surface area contributed by atoms with Gasteiger partial charge in [0.05, 0.1) is 6.04 Å². The summed E-state index contributed by atoms with van der Waals surface area (Å²) in [5, 5.41) is 14.5. The lowest BCUT2D eigenvalue weighted by Gasteiger charge is -2.16. The Hall–Kier alpha value is -1.10. The summed E-state index contributed by atoms with van der Waals surface area (Å²) in [4.78, 5) is 22.4. The number of carboxylic acids is 1. The van der Waals surface area contributed by atoms with Crippen molar-refractivity contribution in [3.05, 3.63) is 0 Å². The summed E-state index contributed by atoms with van der Waals surface area (Å²) < 4.78 is 0. The molecule has 1 heterocycles. The summed E-state index contributed by atoms with van der Waals surface area (Å²) in [6, 6.07) is -0.950. The van der Waals surface area contributed by atoms with Gasteiger partial charge in [-0.1, -0.05) is 13.3 Å². The summed E-state index contributed by atoms with van der Waals surface area (Å²) >= 11 is 0. The van der Waals surface area contributed by atoms with Crippen molar-refractivity contribution in [2.45, 2.75) is 44.7 Å². The van der Waals surface area contributed by atoms with Crippen molar-refractivity contribution in [3.8, 4) is 0 Å². The molecule has 1 fully saturated rings. The molecule has 1 aliphatic rings. The van der Waals surface area contributed by atoms with Crippen LogP contribution in [0.3, 0.4) is 0 Å². The van der Waals surface area contributed by atoms with Crippen molar-refractivity contribution in [3.63, 3.8) is 0 Å².